The molecule has 0 saturated carbocycles. The van der Waals surface area contributed by atoms with Crippen LogP contribution in [0.5, 0.6) is 0 Å². The number of fused-ring (bicyclic) bond motifs is 1. The van der Waals surface area contributed by atoms with Crippen LogP contribution >= 0.6 is 11.3 Å². The van der Waals surface area contributed by atoms with Crippen LogP contribution in [0.1, 0.15) is 23.7 Å². The second-order valence-electron chi connectivity index (χ2n) is 6.32. The van der Waals surface area contributed by atoms with E-state index in [-0.39, 0.29) is 6.04 Å². The largest absolute Gasteiger partial charge is 0.355 e. The molecule has 1 aliphatic heterocycles. The molecule has 0 amide bonds. The van der Waals surface area contributed by atoms with E-state index in [1.807, 2.05) is 45.0 Å². The van der Waals surface area contributed by atoms with E-state index in [4.69, 9.17) is 4.52 Å². The van der Waals surface area contributed by atoms with Gasteiger partial charge in [-0.05, 0) is 51.0 Å². The van der Waals surface area contributed by atoms with Crippen LogP contribution in [0.4, 0.5) is 5.69 Å². The van der Waals surface area contributed by atoms with E-state index >= 15 is 0 Å². The van der Waals surface area contributed by atoms with Crippen molar-refractivity contribution in [2.24, 2.45) is 0 Å². The van der Waals surface area contributed by atoms with Crippen molar-refractivity contribution in [3.8, 4) is 10.6 Å². The lowest BCUT2D eigenvalue weighted by atomic mass is 10.1. The molecule has 0 aliphatic carbocycles. The summed E-state index contributed by atoms with van der Waals surface area (Å²) in [6, 6.07) is 11.0. The van der Waals surface area contributed by atoms with E-state index in [0.717, 1.165) is 33.8 Å². The van der Waals surface area contributed by atoms with E-state index in [2.05, 4.69) is 5.16 Å². The monoisotopic (exact) mass is 374 g/mol. The molecule has 3 aromatic rings. The fourth-order valence-electron chi connectivity index (χ4n) is 3.23. The maximum atomic E-state index is 13.2. The van der Waals surface area contributed by atoms with E-state index in [1.54, 1.807) is 12.1 Å². The molecular weight excluding hydrogens is 356 g/mol. The Hall–Kier alpha value is -2.12. The molecule has 25 heavy (non-hydrogen) atoms. The Morgan fingerprint density at radius 3 is 2.68 bits per heavy atom. The van der Waals surface area contributed by atoms with Gasteiger partial charge in [-0.15, -0.1) is 11.3 Å². The third-order valence-corrected chi connectivity index (χ3v) is 8.10. The highest BCUT2D eigenvalue weighted by Crippen LogP contribution is 2.40. The van der Waals surface area contributed by atoms with Gasteiger partial charge in [0.05, 0.1) is 16.3 Å². The molecule has 1 aliphatic rings. The lowest BCUT2D eigenvalue weighted by Crippen LogP contribution is -2.35. The summed E-state index contributed by atoms with van der Waals surface area (Å²) in [5.74, 6) is 0.638. The Kier molecular flexibility index (Phi) is 3.73. The number of sulfonamides is 1. The first-order valence-corrected chi connectivity index (χ1v) is 10.3. The van der Waals surface area contributed by atoms with Crippen LogP contribution in [0.2, 0.25) is 0 Å². The van der Waals surface area contributed by atoms with Crippen LogP contribution in [0, 0.1) is 13.8 Å². The lowest BCUT2D eigenvalue weighted by molar-refractivity contribution is 0.427. The predicted octanol–water partition coefficient (Wildman–Crippen LogP) is 4.16. The minimum absolute atomic E-state index is 0.0952. The standard InChI is InChI=1S/C18H18N2O3S2/c1-11-10-14-6-4-5-7-15(14)20(11)25(21,22)17-9-8-16(24-17)18-12(2)13(3)19-23-18/h4-9,11H,10H2,1-3H3/t11-/m0/s1. The Morgan fingerprint density at radius 2 is 1.96 bits per heavy atom. The summed E-state index contributed by atoms with van der Waals surface area (Å²) in [6.07, 6.45) is 0.730. The first-order chi connectivity index (χ1) is 11.9. The number of anilines is 1. The van der Waals surface area contributed by atoms with Gasteiger partial charge in [0.1, 0.15) is 4.21 Å². The molecule has 5 nitrogen and oxygen atoms in total. The van der Waals surface area contributed by atoms with Gasteiger partial charge in [0.25, 0.3) is 10.0 Å². The fourth-order valence-corrected chi connectivity index (χ4v) is 6.35. The molecule has 0 radical (unpaired) electrons. The summed E-state index contributed by atoms with van der Waals surface area (Å²) in [7, 11) is -3.60. The van der Waals surface area contributed by atoms with Gasteiger partial charge < -0.3 is 4.52 Å². The van der Waals surface area contributed by atoms with Crippen molar-refractivity contribution >= 4 is 27.0 Å². The van der Waals surface area contributed by atoms with Gasteiger partial charge >= 0.3 is 0 Å². The second kappa shape index (κ2) is 5.71. The summed E-state index contributed by atoms with van der Waals surface area (Å²) >= 11 is 1.22. The average molecular weight is 374 g/mol. The molecule has 0 fully saturated rings. The zero-order valence-electron chi connectivity index (χ0n) is 14.2. The third-order valence-electron chi connectivity index (χ3n) is 4.62. The summed E-state index contributed by atoms with van der Waals surface area (Å²) in [5.41, 5.74) is 3.59. The molecule has 0 spiro atoms. The van der Waals surface area contributed by atoms with Crippen molar-refractivity contribution in [1.29, 1.82) is 0 Å². The van der Waals surface area contributed by atoms with Gasteiger partial charge in [-0.3, -0.25) is 4.31 Å². The van der Waals surface area contributed by atoms with Crippen LogP contribution in [-0.4, -0.2) is 19.6 Å². The van der Waals surface area contributed by atoms with E-state index in [9.17, 15) is 8.42 Å². The minimum atomic E-state index is -3.60. The van der Waals surface area contributed by atoms with E-state index in [0.29, 0.717) is 9.97 Å². The second-order valence-corrected chi connectivity index (χ2v) is 9.45. The van der Waals surface area contributed by atoms with Gasteiger partial charge in [-0.1, -0.05) is 23.4 Å². The highest BCUT2D eigenvalue weighted by Gasteiger charge is 2.36. The number of benzene rings is 1. The highest BCUT2D eigenvalue weighted by atomic mass is 32.2. The van der Waals surface area contributed by atoms with Gasteiger partial charge in [0.15, 0.2) is 5.76 Å². The van der Waals surface area contributed by atoms with Crippen molar-refractivity contribution in [2.45, 2.75) is 37.4 Å². The van der Waals surface area contributed by atoms with Crippen LogP contribution in [0.25, 0.3) is 10.6 Å². The van der Waals surface area contributed by atoms with Crippen molar-refractivity contribution < 1.29 is 12.9 Å². The molecule has 0 unspecified atom stereocenters. The number of aromatic nitrogens is 1. The highest BCUT2D eigenvalue weighted by molar-refractivity contribution is 7.94. The number of para-hydroxylation sites is 1. The third kappa shape index (κ3) is 2.49. The average Bonchev–Trinajstić information content (AvgIpc) is 3.25. The molecule has 2 aromatic heterocycles. The quantitative estimate of drug-likeness (QED) is 0.690. The zero-order chi connectivity index (χ0) is 17.8. The molecule has 7 heteroatoms. The van der Waals surface area contributed by atoms with Crippen LogP contribution in [0.3, 0.4) is 0 Å². The van der Waals surface area contributed by atoms with Crippen LogP contribution in [0.15, 0.2) is 45.1 Å². The zero-order valence-corrected chi connectivity index (χ0v) is 15.8. The smallest absolute Gasteiger partial charge is 0.274 e. The predicted molar refractivity (Wildman–Crippen MR) is 98.6 cm³/mol. The SMILES string of the molecule is Cc1noc(-c2ccc(S(=O)(=O)N3c4ccccc4C[C@@H]3C)s2)c1C. The number of hydrogen-bond acceptors (Lipinski definition) is 5. The fraction of sp³-hybridized carbons (Fsp3) is 0.278. The van der Waals surface area contributed by atoms with Crippen LogP contribution < -0.4 is 4.31 Å². The summed E-state index contributed by atoms with van der Waals surface area (Å²) < 4.78 is 33.7. The molecular formula is C18H18N2O3S2. The molecule has 0 N–H and O–H groups in total. The Morgan fingerprint density at radius 1 is 1.20 bits per heavy atom. The van der Waals surface area contributed by atoms with Gasteiger partial charge in [0.2, 0.25) is 0 Å². The Balaban J connectivity index is 1.76. The molecule has 0 bridgehead atoms. The number of nitrogens with zero attached hydrogens (tertiary/aromatic N) is 2. The maximum Gasteiger partial charge on any atom is 0.274 e. The van der Waals surface area contributed by atoms with Crippen molar-refractivity contribution in [3.63, 3.8) is 0 Å². The summed E-state index contributed by atoms with van der Waals surface area (Å²) in [4.78, 5) is 0.775. The molecule has 0 saturated heterocycles. The van der Waals surface area contributed by atoms with Gasteiger partial charge in [-0.2, -0.15) is 0 Å². The van der Waals surface area contributed by atoms with E-state index in [1.165, 1.54) is 15.6 Å². The van der Waals surface area contributed by atoms with Crippen molar-refractivity contribution in [3.05, 3.63) is 53.2 Å². The van der Waals surface area contributed by atoms with Gasteiger partial charge in [0, 0.05) is 11.6 Å². The Labute approximate surface area is 150 Å². The molecule has 3 heterocycles. The van der Waals surface area contributed by atoms with Crippen LogP contribution in [-0.2, 0) is 16.4 Å². The van der Waals surface area contributed by atoms with E-state index < -0.39 is 10.0 Å². The summed E-state index contributed by atoms with van der Waals surface area (Å²) in [6.45, 7) is 5.74. The first kappa shape index (κ1) is 16.4. The van der Waals surface area contributed by atoms with Crippen molar-refractivity contribution in [2.75, 3.05) is 4.31 Å². The lowest BCUT2D eigenvalue weighted by Gasteiger charge is -2.23. The topological polar surface area (TPSA) is 63.4 Å². The molecule has 1 aromatic carbocycles. The number of rotatable bonds is 3. The normalized spacial score (nSPS) is 17.1. The molecule has 1 atom stereocenters. The van der Waals surface area contributed by atoms with Gasteiger partial charge in [-0.25, -0.2) is 8.42 Å². The number of aryl methyl sites for hydroxylation is 1. The minimum Gasteiger partial charge on any atom is -0.355 e. The molecule has 130 valence electrons. The van der Waals surface area contributed by atoms with Crippen molar-refractivity contribution in [1.82, 2.24) is 5.16 Å². The number of hydrogen-bond donors (Lipinski definition) is 0. The summed E-state index contributed by atoms with van der Waals surface area (Å²) in [5, 5.41) is 3.96. The first-order valence-electron chi connectivity index (χ1n) is 8.05. The molecule has 4 rings (SSSR count). The Bertz CT molecular complexity index is 1050. The number of thiophene rings is 1. The maximum absolute atomic E-state index is 13.2.